The molecule has 8 heteroatoms. The van der Waals surface area contributed by atoms with Crippen molar-refractivity contribution in [1.29, 1.82) is 0 Å². The van der Waals surface area contributed by atoms with Gasteiger partial charge in [-0.2, -0.15) is 0 Å². The largest absolute Gasteiger partial charge is 0.495 e. The number of amides is 2. The van der Waals surface area contributed by atoms with E-state index in [-0.39, 0.29) is 12.1 Å². The monoisotopic (exact) mass is 518 g/mol. The molecule has 2 aromatic carbocycles. The fourth-order valence-corrected chi connectivity index (χ4v) is 6.85. The van der Waals surface area contributed by atoms with Crippen molar-refractivity contribution in [3.63, 3.8) is 0 Å². The van der Waals surface area contributed by atoms with Crippen molar-refractivity contribution < 1.29 is 9.53 Å². The number of urea groups is 1. The van der Waals surface area contributed by atoms with E-state index in [1.165, 1.54) is 21.0 Å². The number of para-hydroxylation sites is 2. The van der Waals surface area contributed by atoms with Gasteiger partial charge in [-0.15, -0.1) is 11.3 Å². The van der Waals surface area contributed by atoms with E-state index in [9.17, 15) is 4.79 Å². The molecule has 1 N–H and O–H groups in total. The number of benzene rings is 2. The standard InChI is InChI=1S/C28H27ClN4O2S/c1-31-15-13-20-21-16-33(28(34)30-22-6-3-4-8-24(22)35-2)26(18-9-11-19(29)12-10-18)23-7-5-14-32(23)27(21)36-25(20)17-31/h3-12,14,26H,13,15-17H2,1-2H3,(H,30,34). The van der Waals surface area contributed by atoms with Crippen LogP contribution in [-0.2, 0) is 19.5 Å². The fourth-order valence-electron chi connectivity index (χ4n) is 5.28. The quantitative estimate of drug-likeness (QED) is 0.345. The Hall–Kier alpha value is -3.26. The summed E-state index contributed by atoms with van der Waals surface area (Å²) in [6.45, 7) is 2.47. The van der Waals surface area contributed by atoms with E-state index >= 15 is 0 Å². The molecule has 2 aromatic heterocycles. The molecule has 4 heterocycles. The second-order valence-corrected chi connectivity index (χ2v) is 10.8. The van der Waals surface area contributed by atoms with Gasteiger partial charge in [0.2, 0.25) is 0 Å². The Morgan fingerprint density at radius 1 is 1.06 bits per heavy atom. The van der Waals surface area contributed by atoms with Gasteiger partial charge in [-0.3, -0.25) is 0 Å². The van der Waals surface area contributed by atoms with Crippen LogP contribution in [0.25, 0.3) is 5.00 Å². The van der Waals surface area contributed by atoms with Crippen LogP contribution < -0.4 is 10.1 Å². The van der Waals surface area contributed by atoms with Crippen LogP contribution >= 0.6 is 22.9 Å². The highest BCUT2D eigenvalue weighted by atomic mass is 35.5. The number of carbonyl (C=O) groups excluding carboxylic acids is 1. The number of carbonyl (C=O) groups is 1. The molecule has 2 amide bonds. The SMILES string of the molecule is COc1ccccc1NC(=O)N1Cc2c(sc3c2CCN(C)C3)-n2cccc2C1c1ccc(Cl)cc1. The van der Waals surface area contributed by atoms with E-state index in [1.807, 2.05) is 64.8 Å². The number of hydrogen-bond acceptors (Lipinski definition) is 4. The van der Waals surface area contributed by atoms with Gasteiger partial charge in [-0.1, -0.05) is 35.9 Å². The first-order valence-corrected chi connectivity index (χ1v) is 13.2. The van der Waals surface area contributed by atoms with Gasteiger partial charge in [-0.25, -0.2) is 4.79 Å². The molecule has 184 valence electrons. The van der Waals surface area contributed by atoms with Gasteiger partial charge in [-0.05, 0) is 61.0 Å². The average Bonchev–Trinajstić information content (AvgIpc) is 3.46. The number of thiophene rings is 1. The Labute approximate surface area is 219 Å². The summed E-state index contributed by atoms with van der Waals surface area (Å²) < 4.78 is 7.77. The van der Waals surface area contributed by atoms with Crippen LogP contribution in [0.4, 0.5) is 10.5 Å². The Morgan fingerprint density at radius 2 is 1.86 bits per heavy atom. The molecule has 0 spiro atoms. The van der Waals surface area contributed by atoms with Gasteiger partial charge in [0.25, 0.3) is 0 Å². The second-order valence-electron chi connectivity index (χ2n) is 9.29. The number of halogens is 1. The molecule has 2 aliphatic heterocycles. The molecule has 2 aliphatic rings. The molecule has 1 unspecified atom stereocenters. The van der Waals surface area contributed by atoms with Crippen LogP contribution in [0.5, 0.6) is 5.75 Å². The minimum absolute atomic E-state index is 0.173. The topological polar surface area (TPSA) is 49.7 Å². The van der Waals surface area contributed by atoms with Crippen molar-refractivity contribution in [1.82, 2.24) is 14.4 Å². The van der Waals surface area contributed by atoms with Gasteiger partial charge in [0.1, 0.15) is 10.8 Å². The third-order valence-electron chi connectivity index (χ3n) is 7.05. The van der Waals surface area contributed by atoms with Crippen LogP contribution in [0.15, 0.2) is 66.9 Å². The van der Waals surface area contributed by atoms with E-state index < -0.39 is 0 Å². The summed E-state index contributed by atoms with van der Waals surface area (Å²) in [6, 6.07) is 19.0. The molecule has 1 atom stereocenters. The van der Waals surface area contributed by atoms with E-state index in [1.54, 1.807) is 7.11 Å². The lowest BCUT2D eigenvalue weighted by molar-refractivity contribution is 0.194. The van der Waals surface area contributed by atoms with Crippen molar-refractivity contribution in [3.8, 4) is 10.8 Å². The van der Waals surface area contributed by atoms with Gasteiger partial charge in [0, 0.05) is 34.7 Å². The number of aromatic nitrogens is 1. The predicted molar refractivity (Wildman–Crippen MR) is 145 cm³/mol. The summed E-state index contributed by atoms with van der Waals surface area (Å²) in [4.78, 5) is 19.7. The Morgan fingerprint density at radius 3 is 2.67 bits per heavy atom. The van der Waals surface area contributed by atoms with E-state index in [0.29, 0.717) is 23.0 Å². The minimum Gasteiger partial charge on any atom is -0.495 e. The number of methoxy groups -OCH3 is 1. The predicted octanol–water partition coefficient (Wildman–Crippen LogP) is 6.33. The number of nitrogens with one attached hydrogen (secondary N) is 1. The number of nitrogens with zero attached hydrogens (tertiary/aromatic N) is 3. The number of anilines is 1. The maximum absolute atomic E-state index is 14.0. The smallest absolute Gasteiger partial charge is 0.323 e. The maximum Gasteiger partial charge on any atom is 0.323 e. The molecule has 6 rings (SSSR count). The summed E-state index contributed by atoms with van der Waals surface area (Å²) >= 11 is 8.08. The van der Waals surface area contributed by atoms with Gasteiger partial charge in [0.05, 0.1) is 31.1 Å². The third kappa shape index (κ3) is 3.97. The van der Waals surface area contributed by atoms with E-state index in [4.69, 9.17) is 16.3 Å². The zero-order valence-corrected chi connectivity index (χ0v) is 21.8. The molecule has 0 radical (unpaired) electrons. The molecule has 0 bridgehead atoms. The van der Waals surface area contributed by atoms with Gasteiger partial charge >= 0.3 is 6.03 Å². The van der Waals surface area contributed by atoms with Crippen molar-refractivity contribution >= 4 is 34.7 Å². The molecular formula is C28H27ClN4O2S. The number of ether oxygens (including phenoxy) is 1. The van der Waals surface area contributed by atoms with Crippen LogP contribution in [0.3, 0.4) is 0 Å². The van der Waals surface area contributed by atoms with Crippen LogP contribution in [0, 0.1) is 0 Å². The van der Waals surface area contributed by atoms with Crippen molar-refractivity contribution in [2.75, 3.05) is 26.0 Å². The van der Waals surface area contributed by atoms with Gasteiger partial charge < -0.3 is 24.4 Å². The Kier molecular flexibility index (Phi) is 5.99. The number of rotatable bonds is 3. The van der Waals surface area contributed by atoms with Gasteiger partial charge in [0.15, 0.2) is 0 Å². The number of hydrogen-bond donors (Lipinski definition) is 1. The van der Waals surface area contributed by atoms with Crippen molar-refractivity contribution in [2.24, 2.45) is 0 Å². The molecule has 4 aromatic rings. The first-order chi connectivity index (χ1) is 17.5. The van der Waals surface area contributed by atoms with E-state index in [2.05, 4.69) is 40.2 Å². The molecule has 0 fully saturated rings. The fraction of sp³-hybridized carbons (Fsp3) is 0.250. The first-order valence-electron chi connectivity index (χ1n) is 12.0. The highest BCUT2D eigenvalue weighted by molar-refractivity contribution is 7.15. The van der Waals surface area contributed by atoms with Crippen LogP contribution in [-0.4, -0.2) is 41.1 Å². The molecule has 36 heavy (non-hydrogen) atoms. The first kappa shape index (κ1) is 23.2. The second kappa shape index (κ2) is 9.32. The van der Waals surface area contributed by atoms with Crippen molar-refractivity contribution in [2.45, 2.75) is 25.6 Å². The molecule has 0 aliphatic carbocycles. The molecule has 0 saturated carbocycles. The summed E-state index contributed by atoms with van der Waals surface area (Å²) in [7, 11) is 3.78. The van der Waals surface area contributed by atoms with E-state index in [0.717, 1.165) is 30.8 Å². The Balaban J connectivity index is 1.49. The lowest BCUT2D eigenvalue weighted by Crippen LogP contribution is -2.38. The summed E-state index contributed by atoms with van der Waals surface area (Å²) in [5.74, 6) is 0.628. The lowest BCUT2D eigenvalue weighted by atomic mass is 10.0. The minimum atomic E-state index is -0.284. The Bertz CT molecular complexity index is 1430. The molecule has 0 saturated heterocycles. The lowest BCUT2D eigenvalue weighted by Gasteiger charge is -2.32. The van der Waals surface area contributed by atoms with Crippen LogP contribution in [0.2, 0.25) is 5.02 Å². The van der Waals surface area contributed by atoms with Crippen molar-refractivity contribution in [3.05, 3.63) is 99.1 Å². The maximum atomic E-state index is 14.0. The van der Waals surface area contributed by atoms with Crippen LogP contribution in [0.1, 0.15) is 33.3 Å². The normalized spacial score (nSPS) is 17.1. The molecular weight excluding hydrogens is 492 g/mol. The highest BCUT2D eigenvalue weighted by Crippen LogP contribution is 2.43. The molecule has 6 nitrogen and oxygen atoms in total. The number of likely N-dealkylation sites (N-methyl/N-ethyl adjacent to an activating group) is 1. The zero-order valence-electron chi connectivity index (χ0n) is 20.2. The summed E-state index contributed by atoms with van der Waals surface area (Å²) in [5.41, 5.74) is 5.34. The zero-order chi connectivity index (χ0) is 24.8. The summed E-state index contributed by atoms with van der Waals surface area (Å²) in [5, 5.41) is 5.01. The number of fused-ring (bicyclic) bond motifs is 5. The third-order valence-corrected chi connectivity index (χ3v) is 8.56. The average molecular weight is 519 g/mol. The highest BCUT2D eigenvalue weighted by Gasteiger charge is 2.36. The summed E-state index contributed by atoms with van der Waals surface area (Å²) in [6.07, 6.45) is 3.10.